The number of amides is 2. The predicted molar refractivity (Wildman–Crippen MR) is 128 cm³/mol. The molecule has 5 heterocycles. The third kappa shape index (κ3) is 6.11. The average molecular weight is 525 g/mol. The minimum Gasteiger partial charge on any atom is -0.355 e. The van der Waals surface area contributed by atoms with Gasteiger partial charge in [-0.15, -0.1) is 0 Å². The molecule has 0 aromatic carbocycles. The fraction of sp³-hybridized carbons (Fsp3) is 0.600. The Bertz CT molecular complexity index is 1090. The standard InChI is InChI=1S/C17H19FN4O.C8H13F3N2O/c1-10-7-13(14(18)9-19-10)15-8-16(21-20-15)17(23)22-11-3-2-4-12(22)6-5-11;1-13-4-6(12-5-14)2-3-7(13)8(9,10)11/h7-9,11-12H,2-6H2,1H3,(H,20,21);5-7H,2-4H2,1H3,(H,12,14)/t;6-,7-/m.1/s1. The minimum absolute atomic E-state index is 0.0119. The molecule has 3 aliphatic heterocycles. The van der Waals surface area contributed by atoms with Crippen LogP contribution in [0.4, 0.5) is 17.6 Å². The van der Waals surface area contributed by atoms with Gasteiger partial charge in [0.2, 0.25) is 6.41 Å². The van der Waals surface area contributed by atoms with Crippen molar-refractivity contribution in [1.82, 2.24) is 30.3 Å². The summed E-state index contributed by atoms with van der Waals surface area (Å²) in [4.78, 5) is 30.1. The van der Waals surface area contributed by atoms with Crippen molar-refractivity contribution in [1.29, 1.82) is 0 Å². The van der Waals surface area contributed by atoms with E-state index in [1.165, 1.54) is 24.6 Å². The molecule has 202 valence electrons. The summed E-state index contributed by atoms with van der Waals surface area (Å²) in [6, 6.07) is 2.47. The third-order valence-corrected chi connectivity index (χ3v) is 7.52. The van der Waals surface area contributed by atoms with Crippen molar-refractivity contribution in [2.45, 2.75) is 82.2 Å². The number of likely N-dealkylation sites (N-methyl/N-ethyl adjacent to an activating group) is 1. The summed E-state index contributed by atoms with van der Waals surface area (Å²) in [6.45, 7) is 2.05. The number of likely N-dealkylation sites (tertiary alicyclic amines) is 1. The molecule has 3 saturated heterocycles. The molecule has 37 heavy (non-hydrogen) atoms. The van der Waals surface area contributed by atoms with Crippen LogP contribution in [0, 0.1) is 12.7 Å². The quantitative estimate of drug-likeness (QED) is 0.468. The number of nitrogens with one attached hydrogen (secondary N) is 2. The van der Waals surface area contributed by atoms with Crippen molar-refractivity contribution in [3.05, 3.63) is 35.5 Å². The third-order valence-electron chi connectivity index (χ3n) is 7.52. The first-order valence-corrected chi connectivity index (χ1v) is 12.6. The van der Waals surface area contributed by atoms with E-state index in [-0.39, 0.29) is 24.9 Å². The average Bonchev–Trinajstić information content (AvgIpc) is 3.42. The highest BCUT2D eigenvalue weighted by molar-refractivity contribution is 5.94. The number of aromatic amines is 1. The Labute approximate surface area is 212 Å². The zero-order valence-corrected chi connectivity index (χ0v) is 20.9. The lowest BCUT2D eigenvalue weighted by Gasteiger charge is -2.37. The SMILES string of the molecule is CN1C[C@H](NC=O)CC[C@@H]1C(F)(F)F.Cc1cc(-c2cc(C(=O)N3C4CCCC3CC4)[nH]n2)c(F)cn1. The van der Waals surface area contributed by atoms with Gasteiger partial charge in [-0.25, -0.2) is 4.39 Å². The van der Waals surface area contributed by atoms with Gasteiger partial charge in [0, 0.05) is 35.9 Å². The Balaban J connectivity index is 0.000000197. The molecule has 2 N–H and O–H groups in total. The first kappa shape index (κ1) is 27.0. The van der Waals surface area contributed by atoms with Crippen LogP contribution in [0.5, 0.6) is 0 Å². The number of fused-ring (bicyclic) bond motifs is 2. The highest BCUT2D eigenvalue weighted by Gasteiger charge is 2.44. The van der Waals surface area contributed by atoms with Crippen LogP contribution >= 0.6 is 0 Å². The molecule has 3 aliphatic rings. The van der Waals surface area contributed by atoms with Gasteiger partial charge in [-0.3, -0.25) is 24.6 Å². The second-order valence-corrected chi connectivity index (χ2v) is 10.1. The summed E-state index contributed by atoms with van der Waals surface area (Å²) in [5.41, 5.74) is 1.97. The van der Waals surface area contributed by atoms with Crippen molar-refractivity contribution < 1.29 is 27.2 Å². The van der Waals surface area contributed by atoms with Crippen LogP contribution in [0.15, 0.2) is 18.3 Å². The topological polar surface area (TPSA) is 94.2 Å². The molecule has 0 radical (unpaired) electrons. The first-order chi connectivity index (χ1) is 17.6. The van der Waals surface area contributed by atoms with Gasteiger partial charge >= 0.3 is 6.18 Å². The lowest BCUT2D eigenvalue weighted by molar-refractivity contribution is -0.188. The van der Waals surface area contributed by atoms with Crippen molar-refractivity contribution in [2.75, 3.05) is 13.6 Å². The number of hydrogen-bond donors (Lipinski definition) is 2. The maximum atomic E-state index is 13.9. The van der Waals surface area contributed by atoms with Gasteiger partial charge in [0.05, 0.1) is 11.9 Å². The van der Waals surface area contributed by atoms with Crippen LogP contribution in [0.1, 0.15) is 61.1 Å². The molecule has 0 saturated carbocycles. The molecule has 12 heteroatoms. The molecule has 5 rings (SSSR count). The Morgan fingerprint density at radius 3 is 2.46 bits per heavy atom. The van der Waals surface area contributed by atoms with Gasteiger partial charge in [-0.1, -0.05) is 0 Å². The monoisotopic (exact) mass is 524 g/mol. The van der Waals surface area contributed by atoms with Crippen LogP contribution in [0.3, 0.4) is 0 Å². The van der Waals surface area contributed by atoms with E-state index < -0.39 is 18.0 Å². The summed E-state index contributed by atoms with van der Waals surface area (Å²) >= 11 is 0. The van der Waals surface area contributed by atoms with Crippen molar-refractivity contribution >= 4 is 12.3 Å². The minimum atomic E-state index is -4.17. The zero-order valence-electron chi connectivity index (χ0n) is 20.9. The Morgan fingerprint density at radius 1 is 1.14 bits per heavy atom. The predicted octanol–water partition coefficient (Wildman–Crippen LogP) is 3.83. The van der Waals surface area contributed by atoms with Gasteiger partial charge in [-0.05, 0) is 71.0 Å². The molecule has 0 spiro atoms. The molecule has 4 atom stereocenters. The second-order valence-electron chi connectivity index (χ2n) is 10.1. The Hall–Kier alpha value is -3.02. The number of pyridine rings is 1. The summed E-state index contributed by atoms with van der Waals surface area (Å²) in [7, 11) is 1.43. The van der Waals surface area contributed by atoms with Gasteiger partial charge in [0.15, 0.2) is 5.82 Å². The maximum absolute atomic E-state index is 13.9. The number of halogens is 4. The highest BCUT2D eigenvalue weighted by Crippen LogP contribution is 2.36. The van der Waals surface area contributed by atoms with Crippen molar-refractivity contribution in [3.8, 4) is 11.3 Å². The van der Waals surface area contributed by atoms with Gasteiger partial charge < -0.3 is 10.2 Å². The number of hydrogen-bond acceptors (Lipinski definition) is 5. The van der Waals surface area contributed by atoms with E-state index >= 15 is 0 Å². The molecule has 8 nitrogen and oxygen atoms in total. The number of aryl methyl sites for hydroxylation is 1. The summed E-state index contributed by atoms with van der Waals surface area (Å²) < 4.78 is 51.1. The number of H-pyrrole nitrogens is 1. The molecule has 2 aromatic rings. The van der Waals surface area contributed by atoms with E-state index in [9.17, 15) is 27.2 Å². The maximum Gasteiger partial charge on any atom is 0.404 e. The molecular weight excluding hydrogens is 492 g/mol. The van der Waals surface area contributed by atoms with E-state index in [4.69, 9.17) is 0 Å². The number of aromatic nitrogens is 3. The van der Waals surface area contributed by atoms with E-state index in [1.54, 1.807) is 19.1 Å². The number of nitrogens with zero attached hydrogens (tertiary/aromatic N) is 4. The van der Waals surface area contributed by atoms with Crippen molar-refractivity contribution in [2.24, 2.45) is 0 Å². The second kappa shape index (κ2) is 11.2. The van der Waals surface area contributed by atoms with Crippen LogP contribution in [0.2, 0.25) is 0 Å². The fourth-order valence-electron chi connectivity index (χ4n) is 5.69. The van der Waals surface area contributed by atoms with Crippen molar-refractivity contribution in [3.63, 3.8) is 0 Å². The summed E-state index contributed by atoms with van der Waals surface area (Å²) in [5.74, 6) is -0.443. The zero-order chi connectivity index (χ0) is 26.7. The molecular formula is C25H32F4N6O2. The number of alkyl halides is 3. The van der Waals surface area contributed by atoms with E-state index in [2.05, 4.69) is 20.5 Å². The van der Waals surface area contributed by atoms with E-state index in [0.717, 1.165) is 25.7 Å². The van der Waals surface area contributed by atoms with E-state index in [1.807, 2.05) is 4.90 Å². The molecule has 0 aliphatic carbocycles. The number of carbonyl (C=O) groups excluding carboxylic acids is 2. The molecule has 2 aromatic heterocycles. The first-order valence-electron chi connectivity index (χ1n) is 12.6. The molecule has 2 bridgehead atoms. The smallest absolute Gasteiger partial charge is 0.355 e. The fourth-order valence-corrected chi connectivity index (χ4v) is 5.69. The molecule has 2 amide bonds. The molecule has 2 unspecified atom stereocenters. The normalized spacial score (nSPS) is 25.8. The van der Waals surface area contributed by atoms with Gasteiger partial charge in [0.25, 0.3) is 5.91 Å². The lowest BCUT2D eigenvalue weighted by Crippen LogP contribution is -2.53. The van der Waals surface area contributed by atoms with Crippen LogP contribution in [0.25, 0.3) is 11.3 Å². The Kier molecular flexibility index (Phi) is 8.15. The number of piperidine rings is 2. The highest BCUT2D eigenvalue weighted by atomic mass is 19.4. The Morgan fingerprint density at radius 2 is 1.84 bits per heavy atom. The van der Waals surface area contributed by atoms with Crippen LogP contribution in [-0.2, 0) is 4.79 Å². The van der Waals surface area contributed by atoms with Gasteiger partial charge in [0.1, 0.15) is 11.7 Å². The lowest BCUT2D eigenvalue weighted by atomic mass is 9.99. The van der Waals surface area contributed by atoms with E-state index in [0.29, 0.717) is 47.6 Å². The van der Waals surface area contributed by atoms with Gasteiger partial charge in [-0.2, -0.15) is 18.3 Å². The summed E-state index contributed by atoms with van der Waals surface area (Å²) in [5, 5.41) is 9.42. The number of carbonyl (C=O) groups is 2. The largest absolute Gasteiger partial charge is 0.404 e. The summed E-state index contributed by atoms with van der Waals surface area (Å²) in [6.07, 6.45) is 3.54. The van der Waals surface area contributed by atoms with Crippen LogP contribution in [-0.4, -0.2) is 81.2 Å². The van der Waals surface area contributed by atoms with Crippen LogP contribution < -0.4 is 5.32 Å². The molecule has 3 fully saturated rings. The number of rotatable bonds is 4.